The van der Waals surface area contributed by atoms with Gasteiger partial charge in [-0.25, -0.2) is 4.98 Å². The van der Waals surface area contributed by atoms with E-state index in [1.807, 2.05) is 47.4 Å². The molecule has 3 aromatic rings. The van der Waals surface area contributed by atoms with Gasteiger partial charge in [-0.2, -0.15) is 0 Å². The summed E-state index contributed by atoms with van der Waals surface area (Å²) >= 11 is 0. The highest BCUT2D eigenvalue weighted by Crippen LogP contribution is 2.25. The molecule has 6 heteroatoms. The number of hydrogen-bond donors (Lipinski definition) is 0. The summed E-state index contributed by atoms with van der Waals surface area (Å²) in [5.74, 6) is 1.71. The van der Waals surface area contributed by atoms with Crippen molar-refractivity contribution in [2.45, 2.75) is 38.6 Å². The predicted molar refractivity (Wildman–Crippen MR) is 117 cm³/mol. The maximum absolute atomic E-state index is 13.1. The standard InChI is InChI=1S/C25H25N3O3/c29-24-10-5-14-28(24)20-9-4-8-19(16-20)25(30)27-15-13-22-21(17-27)26-23(31-22)12-11-18-6-2-1-3-7-18/h1-4,6-9,16H,5,10-15,17H2. The lowest BCUT2D eigenvalue weighted by molar-refractivity contribution is -0.117. The fourth-order valence-corrected chi connectivity index (χ4v) is 4.34. The van der Waals surface area contributed by atoms with Crippen LogP contribution in [0.2, 0.25) is 0 Å². The van der Waals surface area contributed by atoms with E-state index in [-0.39, 0.29) is 11.8 Å². The van der Waals surface area contributed by atoms with E-state index < -0.39 is 0 Å². The molecular weight excluding hydrogens is 390 g/mol. The summed E-state index contributed by atoms with van der Waals surface area (Å²) < 4.78 is 5.97. The number of carbonyl (C=O) groups excluding carboxylic acids is 2. The summed E-state index contributed by atoms with van der Waals surface area (Å²) in [5.41, 5.74) is 3.52. The minimum atomic E-state index is -0.0343. The lowest BCUT2D eigenvalue weighted by atomic mass is 10.1. The number of carbonyl (C=O) groups is 2. The second-order valence-electron chi connectivity index (χ2n) is 8.14. The lowest BCUT2D eigenvalue weighted by Crippen LogP contribution is -2.36. The van der Waals surface area contributed by atoms with Gasteiger partial charge in [-0.1, -0.05) is 36.4 Å². The van der Waals surface area contributed by atoms with Gasteiger partial charge in [0.15, 0.2) is 5.89 Å². The molecule has 3 heterocycles. The third kappa shape index (κ3) is 4.10. The van der Waals surface area contributed by atoms with Crippen molar-refractivity contribution in [2.75, 3.05) is 18.0 Å². The monoisotopic (exact) mass is 415 g/mol. The van der Waals surface area contributed by atoms with Gasteiger partial charge in [0.2, 0.25) is 5.91 Å². The normalized spacial score (nSPS) is 15.9. The van der Waals surface area contributed by atoms with Gasteiger partial charge in [0.05, 0.1) is 6.54 Å². The Morgan fingerprint density at radius 3 is 2.68 bits per heavy atom. The number of benzene rings is 2. The quantitative estimate of drug-likeness (QED) is 0.636. The first kappa shape index (κ1) is 19.5. The molecule has 6 nitrogen and oxygen atoms in total. The van der Waals surface area contributed by atoms with Crippen molar-refractivity contribution in [3.8, 4) is 0 Å². The smallest absolute Gasteiger partial charge is 0.254 e. The third-order valence-electron chi connectivity index (χ3n) is 6.01. The van der Waals surface area contributed by atoms with Gasteiger partial charge >= 0.3 is 0 Å². The highest BCUT2D eigenvalue weighted by molar-refractivity contribution is 5.99. The molecular formula is C25H25N3O3. The summed E-state index contributed by atoms with van der Waals surface area (Å²) in [6.45, 7) is 1.77. The van der Waals surface area contributed by atoms with Gasteiger partial charge in [0.1, 0.15) is 11.5 Å². The van der Waals surface area contributed by atoms with Gasteiger partial charge in [-0.05, 0) is 36.6 Å². The number of anilines is 1. The largest absolute Gasteiger partial charge is 0.445 e. The fourth-order valence-electron chi connectivity index (χ4n) is 4.34. The minimum absolute atomic E-state index is 0.0343. The van der Waals surface area contributed by atoms with E-state index in [9.17, 15) is 9.59 Å². The Morgan fingerprint density at radius 2 is 1.87 bits per heavy atom. The molecule has 1 aromatic heterocycles. The van der Waals surface area contributed by atoms with Crippen molar-refractivity contribution in [3.05, 3.63) is 83.1 Å². The van der Waals surface area contributed by atoms with Crippen LogP contribution in [0, 0.1) is 0 Å². The van der Waals surface area contributed by atoms with Crippen molar-refractivity contribution in [1.29, 1.82) is 0 Å². The van der Waals surface area contributed by atoms with Crippen molar-refractivity contribution in [1.82, 2.24) is 9.88 Å². The van der Waals surface area contributed by atoms with Gasteiger partial charge in [-0.3, -0.25) is 9.59 Å². The van der Waals surface area contributed by atoms with Gasteiger partial charge in [-0.15, -0.1) is 0 Å². The molecule has 0 N–H and O–H groups in total. The van der Waals surface area contributed by atoms with Crippen LogP contribution in [0.1, 0.15) is 46.1 Å². The van der Waals surface area contributed by atoms with E-state index in [1.54, 1.807) is 4.90 Å². The number of nitrogens with zero attached hydrogens (tertiary/aromatic N) is 3. The molecule has 0 aliphatic carbocycles. The average molecular weight is 415 g/mol. The summed E-state index contributed by atoms with van der Waals surface area (Å²) in [6.07, 6.45) is 3.74. The zero-order chi connectivity index (χ0) is 21.2. The molecule has 0 unspecified atom stereocenters. The van der Waals surface area contributed by atoms with Crippen LogP contribution in [-0.2, 0) is 30.6 Å². The van der Waals surface area contributed by atoms with Crippen molar-refractivity contribution in [2.24, 2.45) is 0 Å². The Hall–Kier alpha value is -3.41. The SMILES string of the molecule is O=C(c1cccc(N2CCCC2=O)c1)N1CCc2oc(CCc3ccccc3)nc2C1. The van der Waals surface area contributed by atoms with Crippen LogP contribution in [0.25, 0.3) is 0 Å². The van der Waals surface area contributed by atoms with Crippen LogP contribution < -0.4 is 4.90 Å². The molecule has 2 aliphatic heterocycles. The zero-order valence-corrected chi connectivity index (χ0v) is 17.4. The predicted octanol–water partition coefficient (Wildman–Crippen LogP) is 3.79. The van der Waals surface area contributed by atoms with Gasteiger partial charge in [0, 0.05) is 43.6 Å². The number of aromatic nitrogens is 1. The average Bonchev–Trinajstić information content (AvgIpc) is 3.43. The first-order chi connectivity index (χ1) is 15.2. The summed E-state index contributed by atoms with van der Waals surface area (Å²) in [7, 11) is 0. The van der Waals surface area contributed by atoms with E-state index in [0.29, 0.717) is 38.0 Å². The van der Waals surface area contributed by atoms with E-state index in [4.69, 9.17) is 4.42 Å². The van der Waals surface area contributed by atoms with E-state index in [2.05, 4.69) is 17.1 Å². The van der Waals surface area contributed by atoms with Crippen LogP contribution in [0.15, 0.2) is 59.0 Å². The number of fused-ring (bicyclic) bond motifs is 1. The van der Waals surface area contributed by atoms with E-state index >= 15 is 0 Å². The molecule has 158 valence electrons. The fraction of sp³-hybridized carbons (Fsp3) is 0.320. The molecule has 5 rings (SSSR count). The first-order valence-electron chi connectivity index (χ1n) is 10.9. The topological polar surface area (TPSA) is 66.7 Å². The lowest BCUT2D eigenvalue weighted by Gasteiger charge is -2.26. The third-order valence-corrected chi connectivity index (χ3v) is 6.01. The van der Waals surface area contributed by atoms with Crippen LogP contribution in [-0.4, -0.2) is 34.8 Å². The number of amides is 2. The summed E-state index contributed by atoms with van der Waals surface area (Å²) in [5, 5.41) is 0. The molecule has 2 amide bonds. The Kier molecular flexibility index (Phi) is 5.28. The molecule has 0 atom stereocenters. The van der Waals surface area contributed by atoms with Crippen LogP contribution in [0.4, 0.5) is 5.69 Å². The van der Waals surface area contributed by atoms with Crippen LogP contribution in [0.3, 0.4) is 0 Å². The molecule has 2 aromatic carbocycles. The summed E-state index contributed by atoms with van der Waals surface area (Å²) in [6, 6.07) is 17.7. The maximum Gasteiger partial charge on any atom is 0.254 e. The molecule has 0 radical (unpaired) electrons. The first-order valence-corrected chi connectivity index (χ1v) is 10.9. The molecule has 0 saturated carbocycles. The van der Waals surface area contributed by atoms with Crippen molar-refractivity contribution < 1.29 is 14.0 Å². The highest BCUT2D eigenvalue weighted by atomic mass is 16.4. The van der Waals surface area contributed by atoms with E-state index in [0.717, 1.165) is 42.3 Å². The Morgan fingerprint density at radius 1 is 1.00 bits per heavy atom. The molecule has 1 fully saturated rings. The Balaban J connectivity index is 1.27. The number of aryl methyl sites for hydroxylation is 2. The summed E-state index contributed by atoms with van der Waals surface area (Å²) in [4.78, 5) is 33.4. The Labute approximate surface area is 181 Å². The second kappa shape index (κ2) is 8.38. The Bertz CT molecular complexity index is 1110. The van der Waals surface area contributed by atoms with E-state index in [1.165, 1.54) is 5.56 Å². The number of rotatable bonds is 5. The van der Waals surface area contributed by atoms with Gasteiger partial charge < -0.3 is 14.2 Å². The minimum Gasteiger partial charge on any atom is -0.445 e. The van der Waals surface area contributed by atoms with Crippen molar-refractivity contribution in [3.63, 3.8) is 0 Å². The van der Waals surface area contributed by atoms with Crippen LogP contribution >= 0.6 is 0 Å². The molecule has 31 heavy (non-hydrogen) atoms. The molecule has 0 bridgehead atoms. The molecule has 1 saturated heterocycles. The molecule has 0 spiro atoms. The van der Waals surface area contributed by atoms with Crippen molar-refractivity contribution >= 4 is 17.5 Å². The highest BCUT2D eigenvalue weighted by Gasteiger charge is 2.27. The number of hydrogen-bond acceptors (Lipinski definition) is 4. The maximum atomic E-state index is 13.1. The zero-order valence-electron chi connectivity index (χ0n) is 17.4. The molecule has 2 aliphatic rings. The van der Waals surface area contributed by atoms with Crippen LogP contribution in [0.5, 0.6) is 0 Å². The number of oxazole rings is 1. The van der Waals surface area contributed by atoms with Gasteiger partial charge in [0.25, 0.3) is 5.91 Å². The second-order valence-corrected chi connectivity index (χ2v) is 8.14.